The van der Waals surface area contributed by atoms with Crippen molar-refractivity contribution in [3.8, 4) is 12.3 Å². The van der Waals surface area contributed by atoms with Crippen LogP contribution in [0, 0.1) is 12.3 Å². The molecule has 0 aromatic carbocycles. The fraction of sp³-hybridized carbons (Fsp3) is 0.455. The second-order valence-electron chi connectivity index (χ2n) is 4.25. The Balaban J connectivity index is 2.52. The third-order valence-corrected chi connectivity index (χ3v) is 3.09. The summed E-state index contributed by atoms with van der Waals surface area (Å²) < 4.78 is 6.28. The molecule has 1 aromatic heterocycles. The zero-order chi connectivity index (χ0) is 14.2. The number of aromatic amines is 1. The maximum atomic E-state index is 11.7. The van der Waals surface area contributed by atoms with E-state index < -0.39 is 41.8 Å². The van der Waals surface area contributed by atoms with Crippen LogP contribution in [0.5, 0.6) is 0 Å². The van der Waals surface area contributed by atoms with Crippen molar-refractivity contribution in [2.45, 2.75) is 24.0 Å². The minimum Gasteiger partial charge on any atom is -0.394 e. The van der Waals surface area contributed by atoms with Crippen LogP contribution in [0.3, 0.4) is 0 Å². The van der Waals surface area contributed by atoms with Crippen LogP contribution in [0.2, 0.25) is 0 Å². The van der Waals surface area contributed by atoms with E-state index in [0.29, 0.717) is 0 Å². The van der Waals surface area contributed by atoms with Gasteiger partial charge in [-0.3, -0.25) is 14.3 Å². The number of hydrogen-bond acceptors (Lipinski definition) is 6. The molecule has 0 amide bonds. The van der Waals surface area contributed by atoms with Crippen LogP contribution in [0.4, 0.5) is 0 Å². The monoisotopic (exact) mass is 267 g/mol. The fourth-order valence-electron chi connectivity index (χ4n) is 2.01. The summed E-state index contributed by atoms with van der Waals surface area (Å²) >= 11 is 0. The van der Waals surface area contributed by atoms with E-state index in [0.717, 1.165) is 16.8 Å². The van der Waals surface area contributed by atoms with Crippen molar-refractivity contribution >= 4 is 0 Å². The molecule has 5 N–H and O–H groups in total. The van der Waals surface area contributed by atoms with Gasteiger partial charge in [0.25, 0.3) is 5.56 Å². The van der Waals surface area contributed by atoms with Gasteiger partial charge in [-0.15, -0.1) is 6.42 Å². The average molecular weight is 267 g/mol. The van der Waals surface area contributed by atoms with E-state index in [9.17, 15) is 14.7 Å². The van der Waals surface area contributed by atoms with Crippen molar-refractivity contribution < 1.29 is 14.9 Å². The highest BCUT2D eigenvalue weighted by Crippen LogP contribution is 2.35. The summed E-state index contributed by atoms with van der Waals surface area (Å²) in [4.78, 5) is 24.7. The number of nitrogens with one attached hydrogen (secondary N) is 1. The average Bonchev–Trinajstić information content (AvgIpc) is 2.63. The molecule has 19 heavy (non-hydrogen) atoms. The number of ether oxygens (including phenoxy) is 1. The van der Waals surface area contributed by atoms with Crippen molar-refractivity contribution in [2.75, 3.05) is 6.61 Å². The zero-order valence-electron chi connectivity index (χ0n) is 9.81. The van der Waals surface area contributed by atoms with Gasteiger partial charge in [0, 0.05) is 12.3 Å². The first kappa shape index (κ1) is 13.5. The molecular weight excluding hydrogens is 254 g/mol. The molecule has 1 aliphatic heterocycles. The van der Waals surface area contributed by atoms with E-state index in [1.165, 1.54) is 0 Å². The predicted octanol–water partition coefficient (Wildman–Crippen LogP) is -2.88. The number of hydrogen-bond donors (Lipinski definition) is 4. The standard InChI is InChI=1S/C11H13N3O5/c1-2-11(12)8(17)6(5-15)19-9(11)14-4-3-7(16)13-10(14)18/h1,3-4,6,8-9,15,17H,5,12H2,(H,13,16,18)/t6?,8-,9?,11?/m0/s1. The Kier molecular flexibility index (Phi) is 3.30. The highest BCUT2D eigenvalue weighted by Gasteiger charge is 2.54. The molecule has 1 fully saturated rings. The highest BCUT2D eigenvalue weighted by atomic mass is 16.5. The molecule has 102 valence electrons. The number of rotatable bonds is 2. The number of aliphatic hydroxyl groups is 2. The Morgan fingerprint density at radius 2 is 2.32 bits per heavy atom. The molecule has 1 aromatic rings. The minimum atomic E-state index is -1.69. The molecule has 8 nitrogen and oxygen atoms in total. The summed E-state index contributed by atoms with van der Waals surface area (Å²) in [5, 5.41) is 19.0. The molecule has 2 heterocycles. The van der Waals surface area contributed by atoms with E-state index in [-0.39, 0.29) is 0 Å². The summed E-state index contributed by atoms with van der Waals surface area (Å²) in [7, 11) is 0. The fourth-order valence-corrected chi connectivity index (χ4v) is 2.01. The molecule has 8 heteroatoms. The Bertz CT molecular complexity index is 630. The van der Waals surface area contributed by atoms with Gasteiger partial charge >= 0.3 is 5.69 Å². The SMILES string of the molecule is C#CC1(N)C(n2ccc(=O)[nH]c2=O)OC(CO)[C@@H]1O. The number of H-pyrrole nitrogens is 1. The van der Waals surface area contributed by atoms with Gasteiger partial charge in [-0.1, -0.05) is 5.92 Å². The summed E-state index contributed by atoms with van der Waals surface area (Å²) in [5.74, 6) is 2.18. The number of aliphatic hydroxyl groups excluding tert-OH is 2. The quantitative estimate of drug-likeness (QED) is 0.426. The molecule has 0 bridgehead atoms. The second kappa shape index (κ2) is 4.64. The lowest BCUT2D eigenvalue weighted by molar-refractivity contribution is -0.0477. The lowest BCUT2D eigenvalue weighted by Gasteiger charge is -2.27. The predicted molar refractivity (Wildman–Crippen MR) is 64.1 cm³/mol. The largest absolute Gasteiger partial charge is 0.394 e. The Hall–Kier alpha value is -1.92. The third-order valence-electron chi connectivity index (χ3n) is 3.09. The third kappa shape index (κ3) is 1.98. The molecule has 1 aliphatic rings. The first-order valence-corrected chi connectivity index (χ1v) is 5.46. The van der Waals surface area contributed by atoms with Crippen molar-refractivity contribution in [3.05, 3.63) is 33.1 Å². The lowest BCUT2D eigenvalue weighted by atomic mass is 9.92. The summed E-state index contributed by atoms with van der Waals surface area (Å²) in [6.07, 6.45) is 2.93. The summed E-state index contributed by atoms with van der Waals surface area (Å²) in [6, 6.07) is 1.10. The van der Waals surface area contributed by atoms with Crippen molar-refractivity contribution in [1.29, 1.82) is 0 Å². The van der Waals surface area contributed by atoms with E-state index in [4.69, 9.17) is 22.0 Å². The Morgan fingerprint density at radius 1 is 1.63 bits per heavy atom. The summed E-state index contributed by atoms with van der Waals surface area (Å²) in [5.41, 5.74) is 2.84. The number of nitrogens with two attached hydrogens (primary N) is 1. The normalized spacial score (nSPS) is 34.1. The number of aromatic nitrogens is 2. The molecule has 0 spiro atoms. The molecule has 2 rings (SSSR count). The maximum absolute atomic E-state index is 11.7. The van der Waals surface area contributed by atoms with Crippen LogP contribution in [0.15, 0.2) is 21.9 Å². The Labute approximate surface area is 107 Å². The van der Waals surface area contributed by atoms with Gasteiger partial charge in [-0.05, 0) is 0 Å². The van der Waals surface area contributed by atoms with Crippen LogP contribution >= 0.6 is 0 Å². The summed E-state index contributed by atoms with van der Waals surface area (Å²) in [6.45, 7) is -0.504. The highest BCUT2D eigenvalue weighted by molar-refractivity contribution is 5.22. The van der Waals surface area contributed by atoms with E-state index >= 15 is 0 Å². The first-order chi connectivity index (χ1) is 8.93. The smallest absolute Gasteiger partial charge is 0.330 e. The van der Waals surface area contributed by atoms with Gasteiger partial charge in [0.2, 0.25) is 0 Å². The number of terminal acetylenes is 1. The second-order valence-corrected chi connectivity index (χ2v) is 4.25. The molecule has 0 radical (unpaired) electrons. The van der Waals surface area contributed by atoms with Crippen molar-refractivity contribution in [3.63, 3.8) is 0 Å². The van der Waals surface area contributed by atoms with Crippen molar-refractivity contribution in [1.82, 2.24) is 9.55 Å². The van der Waals surface area contributed by atoms with E-state index in [1.54, 1.807) is 0 Å². The van der Waals surface area contributed by atoms with Gasteiger partial charge in [0.15, 0.2) is 11.8 Å². The van der Waals surface area contributed by atoms with Gasteiger partial charge in [0.05, 0.1) is 6.61 Å². The van der Waals surface area contributed by atoms with Gasteiger partial charge < -0.3 is 20.7 Å². The van der Waals surface area contributed by atoms with Crippen molar-refractivity contribution in [2.24, 2.45) is 5.73 Å². The van der Waals surface area contributed by atoms with Gasteiger partial charge in [-0.25, -0.2) is 4.79 Å². The minimum absolute atomic E-state index is 0.504. The maximum Gasteiger partial charge on any atom is 0.330 e. The van der Waals surface area contributed by atoms with E-state index in [2.05, 4.69) is 5.92 Å². The first-order valence-electron chi connectivity index (χ1n) is 5.46. The molecular formula is C11H13N3O5. The van der Waals surface area contributed by atoms with Crippen LogP contribution < -0.4 is 17.0 Å². The zero-order valence-corrected chi connectivity index (χ0v) is 9.81. The van der Waals surface area contributed by atoms with E-state index in [1.807, 2.05) is 4.98 Å². The molecule has 4 atom stereocenters. The lowest BCUT2D eigenvalue weighted by Crippen LogP contribution is -2.55. The van der Waals surface area contributed by atoms with Crippen LogP contribution in [-0.2, 0) is 4.74 Å². The molecule has 3 unspecified atom stereocenters. The van der Waals surface area contributed by atoms with Gasteiger partial charge in [-0.2, -0.15) is 0 Å². The number of nitrogens with zero attached hydrogens (tertiary/aromatic N) is 1. The van der Waals surface area contributed by atoms with Gasteiger partial charge in [0.1, 0.15) is 12.2 Å². The van der Waals surface area contributed by atoms with Crippen LogP contribution in [0.1, 0.15) is 6.23 Å². The molecule has 1 saturated heterocycles. The molecule has 0 aliphatic carbocycles. The van der Waals surface area contributed by atoms with Crippen LogP contribution in [-0.4, -0.2) is 44.1 Å². The Morgan fingerprint density at radius 3 is 2.84 bits per heavy atom. The topological polar surface area (TPSA) is 131 Å². The molecule has 0 saturated carbocycles. The van der Waals surface area contributed by atoms with Crippen LogP contribution in [0.25, 0.3) is 0 Å².